The maximum Gasteiger partial charge on any atom is 0.306 e. The van der Waals surface area contributed by atoms with Crippen LogP contribution in [0.2, 0.25) is 0 Å². The normalized spacial score (nSPS) is 10.4. The Labute approximate surface area is 133 Å². The Morgan fingerprint density at radius 1 is 1.33 bits per heavy atom. The Bertz CT molecular complexity index is 821. The molecule has 126 valence electrons. The number of nitrogens with zero attached hydrogens (tertiary/aromatic N) is 3. The lowest BCUT2D eigenvalue weighted by atomic mass is 10.1. The Morgan fingerprint density at radius 3 is 2.62 bits per heavy atom. The summed E-state index contributed by atoms with van der Waals surface area (Å²) in [7, 11) is 0. The van der Waals surface area contributed by atoms with Crippen LogP contribution in [0.3, 0.4) is 0 Å². The number of nitro groups is 1. The molecule has 2 aromatic rings. The largest absolute Gasteiger partial charge is 0.366 e. The quantitative estimate of drug-likeness (QED) is 0.602. The van der Waals surface area contributed by atoms with Crippen LogP contribution in [-0.4, -0.2) is 26.5 Å². The first-order valence-electron chi connectivity index (χ1n) is 6.53. The van der Waals surface area contributed by atoms with Gasteiger partial charge < -0.3 is 11.1 Å². The topological polar surface area (TPSA) is 133 Å². The van der Waals surface area contributed by atoms with Crippen LogP contribution >= 0.6 is 0 Å². The van der Waals surface area contributed by atoms with Crippen molar-refractivity contribution in [2.45, 2.75) is 13.0 Å². The maximum absolute atomic E-state index is 13.6. The summed E-state index contributed by atoms with van der Waals surface area (Å²) in [5, 5.41) is 16.4. The highest BCUT2D eigenvalue weighted by Crippen LogP contribution is 2.19. The molecule has 0 unspecified atom stereocenters. The number of carbonyl (C=O) groups is 2. The van der Waals surface area contributed by atoms with E-state index in [9.17, 15) is 28.5 Å². The van der Waals surface area contributed by atoms with Crippen molar-refractivity contribution in [2.75, 3.05) is 5.32 Å². The van der Waals surface area contributed by atoms with Gasteiger partial charge in [0.25, 0.3) is 5.91 Å². The van der Waals surface area contributed by atoms with Gasteiger partial charge in [-0.15, -0.1) is 0 Å². The standard InChI is InChI=1S/C13H11F2N5O4/c14-9-4-10(15)11(3-8(9)13(16)22)18-12(21)1-2-19-6-7(5-17-19)20(23)24/h3-6H,1-2H2,(H2,16,22)(H,18,21). The van der Waals surface area contributed by atoms with Crippen molar-refractivity contribution in [3.05, 3.63) is 51.8 Å². The van der Waals surface area contributed by atoms with Gasteiger partial charge in [-0.1, -0.05) is 0 Å². The van der Waals surface area contributed by atoms with Crippen molar-refractivity contribution in [3.63, 3.8) is 0 Å². The summed E-state index contributed by atoms with van der Waals surface area (Å²) < 4.78 is 28.1. The Kier molecular flexibility index (Phi) is 4.82. The number of aryl methyl sites for hydroxylation is 1. The minimum absolute atomic E-state index is 0.00512. The molecule has 0 atom stereocenters. The number of nitrogens with one attached hydrogen (secondary N) is 1. The number of nitrogens with two attached hydrogens (primary N) is 1. The van der Waals surface area contributed by atoms with E-state index in [4.69, 9.17) is 5.73 Å². The molecule has 24 heavy (non-hydrogen) atoms. The molecule has 0 saturated carbocycles. The van der Waals surface area contributed by atoms with E-state index in [1.807, 2.05) is 0 Å². The van der Waals surface area contributed by atoms with Gasteiger partial charge in [-0.3, -0.25) is 24.4 Å². The van der Waals surface area contributed by atoms with E-state index < -0.39 is 39.6 Å². The van der Waals surface area contributed by atoms with Gasteiger partial charge in [-0.05, 0) is 6.07 Å². The second-order valence-corrected chi connectivity index (χ2v) is 4.69. The molecule has 3 N–H and O–H groups in total. The number of halogens is 2. The van der Waals surface area contributed by atoms with Crippen molar-refractivity contribution in [1.82, 2.24) is 9.78 Å². The fourth-order valence-electron chi connectivity index (χ4n) is 1.83. The molecule has 0 spiro atoms. The van der Waals surface area contributed by atoms with E-state index >= 15 is 0 Å². The number of primary amides is 1. The van der Waals surface area contributed by atoms with Gasteiger partial charge in [0, 0.05) is 19.0 Å². The van der Waals surface area contributed by atoms with Crippen LogP contribution in [0.1, 0.15) is 16.8 Å². The second-order valence-electron chi connectivity index (χ2n) is 4.69. The molecule has 1 aromatic carbocycles. The van der Waals surface area contributed by atoms with E-state index in [-0.39, 0.29) is 18.7 Å². The lowest BCUT2D eigenvalue weighted by molar-refractivity contribution is -0.385. The SMILES string of the molecule is NC(=O)c1cc(NC(=O)CCn2cc([N+](=O)[O-])cn2)c(F)cc1F. The molecule has 1 heterocycles. The highest BCUT2D eigenvalue weighted by Gasteiger charge is 2.16. The third-order valence-corrected chi connectivity index (χ3v) is 2.99. The fourth-order valence-corrected chi connectivity index (χ4v) is 1.83. The highest BCUT2D eigenvalue weighted by atomic mass is 19.1. The van der Waals surface area contributed by atoms with Crippen molar-refractivity contribution in [1.29, 1.82) is 0 Å². The first kappa shape index (κ1) is 17.0. The first-order chi connectivity index (χ1) is 11.3. The molecule has 2 rings (SSSR count). The van der Waals surface area contributed by atoms with Crippen LogP contribution < -0.4 is 11.1 Å². The molecular formula is C13H11F2N5O4. The summed E-state index contributed by atoms with van der Waals surface area (Å²) in [6.07, 6.45) is 1.98. The number of carbonyl (C=O) groups excluding carboxylic acids is 2. The molecule has 0 aliphatic heterocycles. The lowest BCUT2D eigenvalue weighted by Crippen LogP contribution is -2.18. The van der Waals surface area contributed by atoms with Crippen LogP contribution in [-0.2, 0) is 11.3 Å². The van der Waals surface area contributed by atoms with Gasteiger partial charge in [0.05, 0.1) is 16.2 Å². The van der Waals surface area contributed by atoms with Crippen molar-refractivity contribution < 1.29 is 23.3 Å². The predicted octanol–water partition coefficient (Wildman–Crippen LogP) is 1.20. The summed E-state index contributed by atoms with van der Waals surface area (Å²) in [6.45, 7) is 0.00512. The van der Waals surface area contributed by atoms with E-state index in [1.165, 1.54) is 4.68 Å². The molecule has 0 aliphatic carbocycles. The zero-order valence-electron chi connectivity index (χ0n) is 12.0. The summed E-state index contributed by atoms with van der Waals surface area (Å²) in [4.78, 5) is 32.7. The van der Waals surface area contributed by atoms with Crippen LogP contribution in [0.15, 0.2) is 24.5 Å². The molecule has 0 saturated heterocycles. The lowest BCUT2D eigenvalue weighted by Gasteiger charge is -2.08. The molecule has 0 aliphatic rings. The number of hydrogen-bond acceptors (Lipinski definition) is 5. The molecule has 11 heteroatoms. The van der Waals surface area contributed by atoms with Gasteiger partial charge in [-0.25, -0.2) is 8.78 Å². The third kappa shape index (κ3) is 3.88. The van der Waals surface area contributed by atoms with Gasteiger partial charge >= 0.3 is 5.69 Å². The molecule has 0 bridgehead atoms. The number of hydrogen-bond donors (Lipinski definition) is 2. The van der Waals surface area contributed by atoms with Gasteiger partial charge in [0.2, 0.25) is 5.91 Å². The van der Waals surface area contributed by atoms with E-state index in [0.717, 1.165) is 18.5 Å². The molecule has 1 aromatic heterocycles. The number of aromatic nitrogens is 2. The number of anilines is 1. The first-order valence-corrected chi connectivity index (χ1v) is 6.53. The average Bonchev–Trinajstić information content (AvgIpc) is 2.96. The average molecular weight is 339 g/mol. The fraction of sp³-hybridized carbons (Fsp3) is 0.154. The van der Waals surface area contributed by atoms with E-state index in [2.05, 4.69) is 10.4 Å². The Hall–Kier alpha value is -3.37. The van der Waals surface area contributed by atoms with Gasteiger partial charge in [0.15, 0.2) is 0 Å². The molecule has 0 fully saturated rings. The molecule has 0 radical (unpaired) electrons. The van der Waals surface area contributed by atoms with Crippen molar-refractivity contribution in [2.24, 2.45) is 5.73 Å². The van der Waals surface area contributed by atoms with Crippen LogP contribution in [0.5, 0.6) is 0 Å². The summed E-state index contributed by atoms with van der Waals surface area (Å²) >= 11 is 0. The van der Waals surface area contributed by atoms with Crippen LogP contribution in [0.4, 0.5) is 20.2 Å². The van der Waals surface area contributed by atoms with E-state index in [0.29, 0.717) is 6.07 Å². The maximum atomic E-state index is 13.6. The zero-order valence-corrected chi connectivity index (χ0v) is 12.0. The molecular weight excluding hydrogens is 328 g/mol. The van der Waals surface area contributed by atoms with Crippen LogP contribution in [0.25, 0.3) is 0 Å². The minimum atomic E-state index is -1.14. The Morgan fingerprint density at radius 2 is 2.04 bits per heavy atom. The summed E-state index contributed by atoms with van der Waals surface area (Å²) in [5.41, 5.74) is 3.75. The summed E-state index contributed by atoms with van der Waals surface area (Å²) in [5.74, 6) is -3.97. The van der Waals surface area contributed by atoms with E-state index in [1.54, 1.807) is 0 Å². The third-order valence-electron chi connectivity index (χ3n) is 2.99. The number of benzene rings is 1. The second kappa shape index (κ2) is 6.81. The van der Waals surface area contributed by atoms with Gasteiger partial charge in [0.1, 0.15) is 24.0 Å². The van der Waals surface area contributed by atoms with Crippen molar-refractivity contribution in [3.8, 4) is 0 Å². The summed E-state index contributed by atoms with van der Waals surface area (Å²) in [6, 6.07) is 1.23. The monoisotopic (exact) mass is 339 g/mol. The highest BCUT2D eigenvalue weighted by molar-refractivity contribution is 5.96. The molecule has 2 amide bonds. The minimum Gasteiger partial charge on any atom is -0.366 e. The predicted molar refractivity (Wildman–Crippen MR) is 77.0 cm³/mol. The Balaban J connectivity index is 2.02. The molecule has 9 nitrogen and oxygen atoms in total. The number of rotatable bonds is 6. The van der Waals surface area contributed by atoms with Crippen molar-refractivity contribution >= 4 is 23.2 Å². The number of amides is 2. The van der Waals surface area contributed by atoms with Crippen LogP contribution in [0, 0.1) is 21.7 Å². The van der Waals surface area contributed by atoms with Gasteiger partial charge in [-0.2, -0.15) is 5.10 Å². The smallest absolute Gasteiger partial charge is 0.306 e. The zero-order chi connectivity index (χ0) is 17.9.